The van der Waals surface area contributed by atoms with Crippen molar-refractivity contribution >= 4 is 29.1 Å². The third-order valence-electron chi connectivity index (χ3n) is 6.14. The number of halogens is 4. The summed E-state index contributed by atoms with van der Waals surface area (Å²) in [6.45, 7) is 7.91. The van der Waals surface area contributed by atoms with Gasteiger partial charge in [-0.25, -0.2) is 4.39 Å². The molecule has 1 aromatic carbocycles. The van der Waals surface area contributed by atoms with Gasteiger partial charge in [-0.05, 0) is 50.1 Å². The quantitative estimate of drug-likeness (QED) is 0.622. The number of nitrogens with one attached hydrogen (secondary N) is 1. The highest BCUT2D eigenvalue weighted by Gasteiger charge is 2.42. The molecule has 1 atom stereocenters. The molecule has 2 amide bonds. The molecule has 0 aliphatic carbocycles. The lowest BCUT2D eigenvalue weighted by molar-refractivity contribution is -0.162. The second kappa shape index (κ2) is 10.3. The molecule has 1 aliphatic rings. The Balaban J connectivity index is 1.72. The molecule has 6 nitrogen and oxygen atoms in total. The highest BCUT2D eigenvalue weighted by atomic mass is 35.5. The second-order valence-corrected chi connectivity index (χ2v) is 9.06. The van der Waals surface area contributed by atoms with Crippen LogP contribution in [0.4, 0.5) is 18.9 Å². The zero-order chi connectivity index (χ0) is 25.2. The predicted molar refractivity (Wildman–Crippen MR) is 125 cm³/mol. The van der Waals surface area contributed by atoms with Crippen molar-refractivity contribution in [3.05, 3.63) is 57.6 Å². The first-order valence-electron chi connectivity index (χ1n) is 11.1. The first-order chi connectivity index (χ1) is 15.9. The van der Waals surface area contributed by atoms with Crippen LogP contribution in [0.1, 0.15) is 47.4 Å². The predicted octanol–water partition coefficient (Wildman–Crippen LogP) is 4.82. The van der Waals surface area contributed by atoms with Crippen molar-refractivity contribution in [3.63, 3.8) is 0 Å². The minimum absolute atomic E-state index is 0.0857. The topological polar surface area (TPSA) is 65.5 Å². The van der Waals surface area contributed by atoms with E-state index in [0.717, 1.165) is 17.2 Å². The Bertz CT molecular complexity index is 1100. The van der Waals surface area contributed by atoms with Gasteiger partial charge in [0, 0.05) is 55.5 Å². The van der Waals surface area contributed by atoms with E-state index in [4.69, 9.17) is 11.6 Å². The van der Waals surface area contributed by atoms with Crippen molar-refractivity contribution in [1.29, 1.82) is 0 Å². The summed E-state index contributed by atoms with van der Waals surface area (Å²) in [5, 5.41) is 3.17. The molecule has 3 rings (SSSR count). The Labute approximate surface area is 202 Å². The van der Waals surface area contributed by atoms with Gasteiger partial charge in [-0.15, -0.1) is 0 Å². The molecular weight excluding hydrogens is 469 g/mol. The van der Waals surface area contributed by atoms with Crippen LogP contribution < -0.4 is 5.32 Å². The summed E-state index contributed by atoms with van der Waals surface area (Å²) in [6.07, 6.45) is 0.777. The zero-order valence-corrected chi connectivity index (χ0v) is 20.3. The number of hydrogen-bond acceptors (Lipinski definition) is 4. The maximum absolute atomic E-state index is 13.9. The number of anilines is 1. The fraction of sp³-hybridized carbons (Fsp3) is 0.458. The van der Waals surface area contributed by atoms with Crippen LogP contribution in [-0.2, 0) is 11.3 Å². The molecule has 0 spiro atoms. The van der Waals surface area contributed by atoms with E-state index in [1.807, 2.05) is 6.92 Å². The van der Waals surface area contributed by atoms with Gasteiger partial charge in [0.25, 0.3) is 11.8 Å². The molecule has 0 saturated carbocycles. The van der Waals surface area contributed by atoms with Crippen molar-refractivity contribution in [2.45, 2.75) is 52.6 Å². The van der Waals surface area contributed by atoms with E-state index in [9.17, 15) is 22.8 Å². The number of alkyl halides is 2. The number of rotatable bonds is 6. The minimum Gasteiger partial charge on any atom is -0.332 e. The van der Waals surface area contributed by atoms with Gasteiger partial charge in [0.05, 0.1) is 11.3 Å². The fourth-order valence-corrected chi connectivity index (χ4v) is 4.18. The standard InChI is InChI=1S/C24H28ClF3N4O2/c1-5-24(27,28)23(34)32-7-6-31(12-14(32)2)13-18-8-19(25)10-21(15(18)3)30-22(33)17-9-20(26)16(4)29-11-17/h8-11,14H,5-7,12-13H2,1-4H3,(H,30,33)/t14-/m0/s1. The number of carbonyl (C=O) groups excluding carboxylic acids is 2. The Morgan fingerprint density at radius 1 is 1.24 bits per heavy atom. The molecule has 1 aliphatic heterocycles. The van der Waals surface area contributed by atoms with Gasteiger partial charge in [-0.1, -0.05) is 18.5 Å². The maximum atomic E-state index is 13.9. The average Bonchev–Trinajstić information content (AvgIpc) is 2.78. The number of carbonyl (C=O) groups is 2. The highest BCUT2D eigenvalue weighted by Crippen LogP contribution is 2.28. The number of hydrogen-bond donors (Lipinski definition) is 1. The normalized spacial score (nSPS) is 17.1. The van der Waals surface area contributed by atoms with Crippen LogP contribution in [0.5, 0.6) is 0 Å². The number of nitrogens with zero attached hydrogens (tertiary/aromatic N) is 3. The van der Waals surface area contributed by atoms with Crippen molar-refractivity contribution < 1.29 is 22.8 Å². The summed E-state index contributed by atoms with van der Waals surface area (Å²) in [6, 6.07) is 4.15. The largest absolute Gasteiger partial charge is 0.332 e. The van der Waals surface area contributed by atoms with Gasteiger partial charge < -0.3 is 10.2 Å². The Hall–Kier alpha value is -2.65. The first-order valence-corrected chi connectivity index (χ1v) is 11.4. The molecule has 1 fully saturated rings. The van der Waals surface area contributed by atoms with Crippen molar-refractivity contribution in [2.24, 2.45) is 0 Å². The lowest BCUT2D eigenvalue weighted by atomic mass is 10.0. The molecule has 184 valence electrons. The molecule has 1 N–H and O–H groups in total. The minimum atomic E-state index is -3.36. The first kappa shape index (κ1) is 26.0. The summed E-state index contributed by atoms with van der Waals surface area (Å²) in [5.41, 5.74) is 2.40. The number of aryl methyl sites for hydroxylation is 1. The number of amides is 2. The van der Waals surface area contributed by atoms with Crippen LogP contribution in [0, 0.1) is 19.7 Å². The van der Waals surface area contributed by atoms with Gasteiger partial charge in [0.1, 0.15) is 5.82 Å². The van der Waals surface area contributed by atoms with E-state index in [1.54, 1.807) is 19.1 Å². The summed E-state index contributed by atoms with van der Waals surface area (Å²) in [7, 11) is 0. The average molecular weight is 497 g/mol. The van der Waals surface area contributed by atoms with E-state index in [1.165, 1.54) is 24.9 Å². The van der Waals surface area contributed by atoms with Gasteiger partial charge in [-0.2, -0.15) is 8.78 Å². The number of benzene rings is 1. The molecule has 2 heterocycles. The van der Waals surface area contributed by atoms with Crippen LogP contribution in [0.2, 0.25) is 5.02 Å². The Morgan fingerprint density at radius 3 is 2.56 bits per heavy atom. The molecule has 10 heteroatoms. The van der Waals surface area contributed by atoms with Crippen molar-refractivity contribution in [2.75, 3.05) is 25.0 Å². The van der Waals surface area contributed by atoms with Crippen LogP contribution in [-0.4, -0.2) is 58.2 Å². The zero-order valence-electron chi connectivity index (χ0n) is 19.6. The summed E-state index contributed by atoms with van der Waals surface area (Å²) in [4.78, 5) is 32.0. The number of aromatic nitrogens is 1. The molecule has 1 aromatic heterocycles. The van der Waals surface area contributed by atoms with Gasteiger partial charge in [0.2, 0.25) is 0 Å². The van der Waals surface area contributed by atoms with E-state index >= 15 is 0 Å². The molecule has 0 unspecified atom stereocenters. The lowest BCUT2D eigenvalue weighted by Gasteiger charge is -2.41. The van der Waals surface area contributed by atoms with Gasteiger partial charge in [-0.3, -0.25) is 19.5 Å². The van der Waals surface area contributed by atoms with E-state index in [0.29, 0.717) is 30.3 Å². The molecule has 0 bridgehead atoms. The maximum Gasteiger partial charge on any atom is 0.324 e. The Kier molecular flexibility index (Phi) is 7.88. The third kappa shape index (κ3) is 5.70. The number of piperazine rings is 1. The third-order valence-corrected chi connectivity index (χ3v) is 6.36. The van der Waals surface area contributed by atoms with Crippen LogP contribution in [0.15, 0.2) is 24.4 Å². The molecule has 34 heavy (non-hydrogen) atoms. The molecular formula is C24H28ClF3N4O2. The van der Waals surface area contributed by atoms with E-state index in [-0.39, 0.29) is 23.8 Å². The summed E-state index contributed by atoms with van der Waals surface area (Å²) < 4.78 is 41.6. The smallest absolute Gasteiger partial charge is 0.324 e. The molecule has 0 radical (unpaired) electrons. The SMILES string of the molecule is CCC(F)(F)C(=O)N1CCN(Cc2cc(Cl)cc(NC(=O)c3cnc(C)c(F)c3)c2C)C[C@@H]1C. The Morgan fingerprint density at radius 2 is 1.94 bits per heavy atom. The van der Waals surface area contributed by atoms with Crippen LogP contribution in [0.25, 0.3) is 0 Å². The van der Waals surface area contributed by atoms with Crippen LogP contribution in [0.3, 0.4) is 0 Å². The van der Waals surface area contributed by atoms with E-state index in [2.05, 4.69) is 15.2 Å². The van der Waals surface area contributed by atoms with Crippen molar-refractivity contribution in [1.82, 2.24) is 14.8 Å². The second-order valence-electron chi connectivity index (χ2n) is 8.62. The summed E-state index contributed by atoms with van der Waals surface area (Å²) >= 11 is 6.30. The summed E-state index contributed by atoms with van der Waals surface area (Å²) in [5.74, 6) is -5.57. The van der Waals surface area contributed by atoms with Crippen molar-refractivity contribution in [3.8, 4) is 0 Å². The molecule has 2 aromatic rings. The molecule has 1 saturated heterocycles. The number of pyridine rings is 1. The lowest BCUT2D eigenvalue weighted by Crippen LogP contribution is -2.57. The van der Waals surface area contributed by atoms with Gasteiger partial charge >= 0.3 is 5.92 Å². The van der Waals surface area contributed by atoms with E-state index < -0.39 is 30.0 Å². The van der Waals surface area contributed by atoms with Gasteiger partial charge in [0.15, 0.2) is 0 Å². The monoisotopic (exact) mass is 496 g/mol. The fourth-order valence-electron chi connectivity index (χ4n) is 3.94. The highest BCUT2D eigenvalue weighted by molar-refractivity contribution is 6.31. The van der Waals surface area contributed by atoms with Crippen LogP contribution >= 0.6 is 11.6 Å².